The van der Waals surface area contributed by atoms with Crippen LogP contribution in [0.4, 0.5) is 0 Å². The predicted molar refractivity (Wildman–Crippen MR) is 92.7 cm³/mol. The molecule has 2 aromatic carbocycles. The molecule has 0 saturated heterocycles. The third kappa shape index (κ3) is 2.90. The molecule has 1 atom stereocenters. The maximum absolute atomic E-state index is 12.7. The van der Waals surface area contributed by atoms with Gasteiger partial charge in [0.1, 0.15) is 0 Å². The van der Waals surface area contributed by atoms with E-state index >= 15 is 0 Å². The van der Waals surface area contributed by atoms with Gasteiger partial charge < -0.3 is 5.32 Å². The summed E-state index contributed by atoms with van der Waals surface area (Å²) >= 11 is 0. The summed E-state index contributed by atoms with van der Waals surface area (Å²) < 4.78 is 0. The van der Waals surface area contributed by atoms with E-state index in [4.69, 9.17) is 0 Å². The van der Waals surface area contributed by atoms with Crippen LogP contribution in [0.25, 0.3) is 0 Å². The molecule has 23 heavy (non-hydrogen) atoms. The summed E-state index contributed by atoms with van der Waals surface area (Å²) in [6.07, 6.45) is 8.10. The Morgan fingerprint density at radius 3 is 2.57 bits per heavy atom. The van der Waals surface area contributed by atoms with Gasteiger partial charge in [0.15, 0.2) is 0 Å². The molecule has 0 spiro atoms. The number of carbonyl (C=O) groups is 1. The quantitative estimate of drug-likeness (QED) is 0.877. The maximum Gasteiger partial charge on any atom is 0.251 e. The number of nitrogens with one attached hydrogen (secondary N) is 1. The molecule has 2 aliphatic carbocycles. The van der Waals surface area contributed by atoms with Crippen molar-refractivity contribution in [1.29, 1.82) is 0 Å². The first kappa shape index (κ1) is 14.5. The van der Waals surface area contributed by atoms with Gasteiger partial charge in [-0.3, -0.25) is 4.79 Å². The predicted octanol–water partition coefficient (Wildman–Crippen LogP) is 4.37. The van der Waals surface area contributed by atoms with Gasteiger partial charge >= 0.3 is 0 Å². The number of aryl methyl sites for hydroxylation is 3. The summed E-state index contributed by atoms with van der Waals surface area (Å²) in [5.74, 6) is 0.0695. The zero-order valence-corrected chi connectivity index (χ0v) is 13.5. The van der Waals surface area contributed by atoms with Gasteiger partial charge in [-0.25, -0.2) is 0 Å². The number of benzene rings is 2. The number of rotatable bonds is 2. The molecule has 1 unspecified atom stereocenters. The average Bonchev–Trinajstić information content (AvgIpc) is 2.61. The fourth-order valence-electron chi connectivity index (χ4n) is 4.02. The van der Waals surface area contributed by atoms with E-state index in [1.807, 2.05) is 6.07 Å². The Morgan fingerprint density at radius 2 is 1.65 bits per heavy atom. The molecule has 2 aromatic rings. The van der Waals surface area contributed by atoms with Crippen molar-refractivity contribution < 1.29 is 4.79 Å². The lowest BCUT2D eigenvalue weighted by atomic mass is 9.87. The Labute approximate surface area is 137 Å². The van der Waals surface area contributed by atoms with Gasteiger partial charge in [-0.2, -0.15) is 0 Å². The fourth-order valence-corrected chi connectivity index (χ4v) is 4.02. The SMILES string of the molecule is O=C(NC1CCCc2ccccc21)c1ccc2c(c1)CCCC2. The normalized spacial score (nSPS) is 19.6. The Hall–Kier alpha value is -2.09. The number of amides is 1. The van der Waals surface area contributed by atoms with Crippen LogP contribution in [-0.2, 0) is 19.3 Å². The van der Waals surface area contributed by atoms with Crippen LogP contribution in [0, 0.1) is 0 Å². The smallest absolute Gasteiger partial charge is 0.251 e. The summed E-state index contributed by atoms with van der Waals surface area (Å²) in [5.41, 5.74) is 6.29. The molecule has 0 saturated carbocycles. The maximum atomic E-state index is 12.7. The lowest BCUT2D eigenvalue weighted by molar-refractivity contribution is 0.0932. The van der Waals surface area contributed by atoms with Gasteiger partial charge in [0.25, 0.3) is 5.91 Å². The Balaban J connectivity index is 1.55. The van der Waals surface area contributed by atoms with E-state index in [0.717, 1.165) is 37.7 Å². The van der Waals surface area contributed by atoms with Crippen LogP contribution < -0.4 is 5.32 Å². The van der Waals surface area contributed by atoms with Crippen LogP contribution in [0.2, 0.25) is 0 Å². The third-order valence-corrected chi connectivity index (χ3v) is 5.29. The summed E-state index contributed by atoms with van der Waals surface area (Å²) in [6.45, 7) is 0. The second kappa shape index (κ2) is 6.19. The minimum absolute atomic E-state index is 0.0695. The average molecular weight is 305 g/mol. The molecule has 1 amide bonds. The van der Waals surface area contributed by atoms with E-state index in [1.165, 1.54) is 35.1 Å². The highest BCUT2D eigenvalue weighted by molar-refractivity contribution is 5.94. The zero-order valence-electron chi connectivity index (χ0n) is 13.5. The Morgan fingerprint density at radius 1 is 0.870 bits per heavy atom. The topological polar surface area (TPSA) is 29.1 Å². The summed E-state index contributed by atoms with van der Waals surface area (Å²) in [6, 6.07) is 14.9. The molecule has 1 N–H and O–H groups in total. The molecule has 2 nitrogen and oxygen atoms in total. The summed E-state index contributed by atoms with van der Waals surface area (Å²) in [7, 11) is 0. The van der Waals surface area contributed by atoms with Gasteiger partial charge in [0.2, 0.25) is 0 Å². The molecule has 0 bridgehead atoms. The first-order chi connectivity index (χ1) is 11.3. The van der Waals surface area contributed by atoms with Crippen LogP contribution in [0.3, 0.4) is 0 Å². The summed E-state index contributed by atoms with van der Waals surface area (Å²) in [5, 5.41) is 3.26. The van der Waals surface area contributed by atoms with Crippen molar-refractivity contribution in [2.75, 3.05) is 0 Å². The van der Waals surface area contributed by atoms with Crippen molar-refractivity contribution in [2.45, 2.75) is 51.0 Å². The molecule has 0 radical (unpaired) electrons. The van der Waals surface area contributed by atoms with Crippen molar-refractivity contribution >= 4 is 5.91 Å². The monoisotopic (exact) mass is 305 g/mol. The molecular weight excluding hydrogens is 282 g/mol. The number of fused-ring (bicyclic) bond motifs is 2. The number of hydrogen-bond donors (Lipinski definition) is 1. The van der Waals surface area contributed by atoms with Gasteiger partial charge in [0.05, 0.1) is 6.04 Å². The molecular formula is C21H23NO. The fraction of sp³-hybridized carbons (Fsp3) is 0.381. The highest BCUT2D eigenvalue weighted by Crippen LogP contribution is 2.30. The molecule has 2 heteroatoms. The lowest BCUT2D eigenvalue weighted by Gasteiger charge is -2.26. The van der Waals surface area contributed by atoms with Crippen LogP contribution >= 0.6 is 0 Å². The second-order valence-electron chi connectivity index (χ2n) is 6.81. The molecule has 0 aromatic heterocycles. The number of carbonyl (C=O) groups excluding carboxylic acids is 1. The molecule has 4 rings (SSSR count). The minimum Gasteiger partial charge on any atom is -0.345 e. The summed E-state index contributed by atoms with van der Waals surface area (Å²) in [4.78, 5) is 12.7. The van der Waals surface area contributed by atoms with Crippen molar-refractivity contribution in [1.82, 2.24) is 5.32 Å². The van der Waals surface area contributed by atoms with Crippen LogP contribution in [0.15, 0.2) is 42.5 Å². The third-order valence-electron chi connectivity index (χ3n) is 5.29. The van der Waals surface area contributed by atoms with Crippen molar-refractivity contribution in [2.24, 2.45) is 0 Å². The van der Waals surface area contributed by atoms with Crippen molar-refractivity contribution in [3.05, 3.63) is 70.3 Å². The van der Waals surface area contributed by atoms with Gasteiger partial charge in [0, 0.05) is 5.56 Å². The van der Waals surface area contributed by atoms with E-state index in [0.29, 0.717) is 0 Å². The second-order valence-corrected chi connectivity index (χ2v) is 6.81. The van der Waals surface area contributed by atoms with E-state index in [1.54, 1.807) is 0 Å². The molecule has 2 aliphatic rings. The van der Waals surface area contributed by atoms with E-state index in [9.17, 15) is 4.79 Å². The van der Waals surface area contributed by atoms with E-state index in [2.05, 4.69) is 41.7 Å². The highest BCUT2D eigenvalue weighted by Gasteiger charge is 2.22. The first-order valence-electron chi connectivity index (χ1n) is 8.82. The van der Waals surface area contributed by atoms with E-state index in [-0.39, 0.29) is 11.9 Å². The molecule has 0 heterocycles. The Kier molecular flexibility index (Phi) is 3.90. The largest absolute Gasteiger partial charge is 0.345 e. The minimum atomic E-state index is 0.0695. The zero-order chi connectivity index (χ0) is 15.6. The molecule has 0 aliphatic heterocycles. The molecule has 118 valence electrons. The van der Waals surface area contributed by atoms with E-state index < -0.39 is 0 Å². The number of hydrogen-bond acceptors (Lipinski definition) is 1. The van der Waals surface area contributed by atoms with Gasteiger partial charge in [-0.05, 0) is 79.3 Å². The van der Waals surface area contributed by atoms with Crippen LogP contribution in [0.1, 0.15) is 64.3 Å². The van der Waals surface area contributed by atoms with Crippen molar-refractivity contribution in [3.8, 4) is 0 Å². The van der Waals surface area contributed by atoms with Crippen molar-refractivity contribution in [3.63, 3.8) is 0 Å². The van der Waals surface area contributed by atoms with Crippen LogP contribution in [-0.4, -0.2) is 5.91 Å². The van der Waals surface area contributed by atoms with Gasteiger partial charge in [-0.1, -0.05) is 30.3 Å². The highest BCUT2D eigenvalue weighted by atomic mass is 16.1. The first-order valence-corrected chi connectivity index (χ1v) is 8.82. The van der Waals surface area contributed by atoms with Crippen LogP contribution in [0.5, 0.6) is 0 Å². The van der Waals surface area contributed by atoms with Gasteiger partial charge in [-0.15, -0.1) is 0 Å². The Bertz CT molecular complexity index is 734. The standard InChI is InChI=1S/C21H23NO/c23-21(18-13-12-15-6-1-2-8-17(15)14-18)22-20-11-5-9-16-7-3-4-10-19(16)20/h3-4,7,10,12-14,20H,1-2,5-6,8-9,11H2,(H,22,23). The molecule has 0 fully saturated rings. The lowest BCUT2D eigenvalue weighted by Crippen LogP contribution is -2.31.